The summed E-state index contributed by atoms with van der Waals surface area (Å²) in [6.07, 6.45) is 3.69. The first-order valence-electron chi connectivity index (χ1n) is 8.15. The zero-order valence-electron chi connectivity index (χ0n) is 13.6. The first-order valence-corrected chi connectivity index (χ1v) is 8.15. The van der Waals surface area contributed by atoms with Crippen LogP contribution < -0.4 is 4.74 Å². The lowest BCUT2D eigenvalue weighted by Crippen LogP contribution is -2.32. The van der Waals surface area contributed by atoms with Crippen LogP contribution in [0.25, 0.3) is 5.52 Å². The highest BCUT2D eigenvalue weighted by atomic mass is 16.5. The molecule has 1 amide bonds. The Morgan fingerprint density at radius 1 is 1.21 bits per heavy atom. The van der Waals surface area contributed by atoms with Gasteiger partial charge in [-0.25, -0.2) is 4.52 Å². The fourth-order valence-electron chi connectivity index (χ4n) is 3.46. The van der Waals surface area contributed by atoms with E-state index in [1.54, 1.807) is 17.8 Å². The van der Waals surface area contributed by atoms with E-state index in [0.29, 0.717) is 5.69 Å². The number of nitrogens with zero attached hydrogens (tertiary/aromatic N) is 3. The third-order valence-corrected chi connectivity index (χ3v) is 4.63. The van der Waals surface area contributed by atoms with Gasteiger partial charge in [0.15, 0.2) is 0 Å². The van der Waals surface area contributed by atoms with Crippen LogP contribution >= 0.6 is 0 Å². The maximum atomic E-state index is 13.1. The number of carbonyl (C=O) groups excluding carboxylic acids is 1. The van der Waals surface area contributed by atoms with E-state index in [4.69, 9.17) is 4.74 Å². The van der Waals surface area contributed by atoms with Gasteiger partial charge in [-0.1, -0.05) is 18.2 Å². The largest absolute Gasteiger partial charge is 0.497 e. The van der Waals surface area contributed by atoms with Crippen LogP contribution in [0.1, 0.15) is 34.9 Å². The highest BCUT2D eigenvalue weighted by Gasteiger charge is 2.31. The molecule has 0 N–H and O–H groups in total. The molecule has 0 saturated carbocycles. The Labute approximate surface area is 140 Å². The minimum atomic E-state index is 0.0228. The molecule has 4 rings (SSSR count). The van der Waals surface area contributed by atoms with E-state index in [1.807, 2.05) is 47.4 Å². The first-order chi connectivity index (χ1) is 11.8. The number of carbonyl (C=O) groups is 1. The number of amides is 1. The molecule has 1 fully saturated rings. The molecule has 0 bridgehead atoms. The summed E-state index contributed by atoms with van der Waals surface area (Å²) in [6, 6.07) is 15.7. The van der Waals surface area contributed by atoms with E-state index >= 15 is 0 Å². The summed E-state index contributed by atoms with van der Waals surface area (Å²) in [4.78, 5) is 15.1. The van der Waals surface area contributed by atoms with Gasteiger partial charge in [-0.05, 0) is 48.7 Å². The van der Waals surface area contributed by atoms with Gasteiger partial charge >= 0.3 is 0 Å². The molecule has 3 aromatic rings. The van der Waals surface area contributed by atoms with Crippen LogP contribution in [-0.4, -0.2) is 34.1 Å². The average Bonchev–Trinajstić information content (AvgIpc) is 3.29. The molecule has 5 heteroatoms. The number of aromatic nitrogens is 2. The van der Waals surface area contributed by atoms with Crippen molar-refractivity contribution >= 4 is 11.4 Å². The lowest BCUT2D eigenvalue weighted by atomic mass is 10.0. The van der Waals surface area contributed by atoms with Crippen molar-refractivity contribution in [3.8, 4) is 5.75 Å². The molecule has 1 aromatic carbocycles. The number of pyridine rings is 1. The molecule has 1 unspecified atom stereocenters. The van der Waals surface area contributed by atoms with E-state index < -0.39 is 0 Å². The van der Waals surface area contributed by atoms with Crippen molar-refractivity contribution in [3.05, 3.63) is 66.0 Å². The summed E-state index contributed by atoms with van der Waals surface area (Å²) in [5.74, 6) is 0.843. The molecule has 1 aliphatic rings. The highest BCUT2D eigenvalue weighted by molar-refractivity contribution is 5.93. The zero-order valence-corrected chi connectivity index (χ0v) is 13.6. The van der Waals surface area contributed by atoms with Crippen LogP contribution in [0, 0.1) is 0 Å². The molecule has 1 atom stereocenters. The van der Waals surface area contributed by atoms with Gasteiger partial charge in [0.05, 0.1) is 24.9 Å². The van der Waals surface area contributed by atoms with Crippen molar-refractivity contribution in [3.63, 3.8) is 0 Å². The Balaban J connectivity index is 1.69. The zero-order chi connectivity index (χ0) is 16.5. The molecule has 0 radical (unpaired) electrons. The lowest BCUT2D eigenvalue weighted by molar-refractivity contribution is 0.0726. The van der Waals surface area contributed by atoms with Gasteiger partial charge in [-0.2, -0.15) is 5.10 Å². The van der Waals surface area contributed by atoms with Gasteiger partial charge in [0, 0.05) is 6.54 Å². The van der Waals surface area contributed by atoms with Gasteiger partial charge in [0.2, 0.25) is 0 Å². The molecule has 1 saturated heterocycles. The number of methoxy groups -OCH3 is 1. The number of ether oxygens (including phenoxy) is 1. The molecular formula is C19H19N3O2. The Morgan fingerprint density at radius 3 is 2.96 bits per heavy atom. The third-order valence-electron chi connectivity index (χ3n) is 4.63. The van der Waals surface area contributed by atoms with E-state index in [-0.39, 0.29) is 11.9 Å². The van der Waals surface area contributed by atoms with Crippen molar-refractivity contribution in [2.24, 2.45) is 0 Å². The molecule has 1 aliphatic heterocycles. The van der Waals surface area contributed by atoms with E-state index in [0.717, 1.165) is 36.2 Å². The standard InChI is InChI=1S/C19H19N3O2/c1-24-16-7-2-5-14(13-16)17-9-4-12-21(17)19(23)18-8-3-6-15-10-11-20-22(15)18/h2-3,5-8,10-11,13,17H,4,9,12H2,1H3. The monoisotopic (exact) mass is 321 g/mol. The van der Waals surface area contributed by atoms with Crippen molar-refractivity contribution in [2.45, 2.75) is 18.9 Å². The number of hydrogen-bond acceptors (Lipinski definition) is 3. The first kappa shape index (κ1) is 14.8. The second-order valence-electron chi connectivity index (χ2n) is 6.01. The molecule has 3 heterocycles. The van der Waals surface area contributed by atoms with Gasteiger partial charge in [-0.15, -0.1) is 0 Å². The highest BCUT2D eigenvalue weighted by Crippen LogP contribution is 2.34. The Bertz CT molecular complexity index is 887. The van der Waals surface area contributed by atoms with Gasteiger partial charge in [0.25, 0.3) is 5.91 Å². The number of benzene rings is 1. The van der Waals surface area contributed by atoms with Crippen LogP contribution in [0.15, 0.2) is 54.7 Å². The summed E-state index contributed by atoms with van der Waals surface area (Å²) in [5, 5.41) is 4.29. The van der Waals surface area contributed by atoms with E-state index in [2.05, 4.69) is 11.2 Å². The Hall–Kier alpha value is -2.82. The second kappa shape index (κ2) is 6.00. The summed E-state index contributed by atoms with van der Waals surface area (Å²) in [5.41, 5.74) is 2.65. The predicted octanol–water partition coefficient (Wildman–Crippen LogP) is 3.32. The molecule has 24 heavy (non-hydrogen) atoms. The molecular weight excluding hydrogens is 302 g/mol. The van der Waals surface area contributed by atoms with Gasteiger partial charge < -0.3 is 9.64 Å². The van der Waals surface area contributed by atoms with Crippen molar-refractivity contribution in [2.75, 3.05) is 13.7 Å². The van der Waals surface area contributed by atoms with Gasteiger partial charge in [-0.3, -0.25) is 4.79 Å². The summed E-state index contributed by atoms with van der Waals surface area (Å²) in [7, 11) is 1.66. The number of hydrogen-bond donors (Lipinski definition) is 0. The van der Waals surface area contributed by atoms with E-state index in [9.17, 15) is 4.79 Å². The number of likely N-dealkylation sites (tertiary alicyclic amines) is 1. The van der Waals surface area contributed by atoms with Crippen molar-refractivity contribution < 1.29 is 9.53 Å². The molecule has 0 aliphatic carbocycles. The maximum Gasteiger partial charge on any atom is 0.273 e. The minimum Gasteiger partial charge on any atom is -0.497 e. The lowest BCUT2D eigenvalue weighted by Gasteiger charge is -2.25. The van der Waals surface area contributed by atoms with E-state index in [1.165, 1.54) is 0 Å². The summed E-state index contributed by atoms with van der Waals surface area (Å²) in [6.45, 7) is 0.762. The molecule has 122 valence electrons. The maximum absolute atomic E-state index is 13.1. The number of fused-ring (bicyclic) bond motifs is 1. The predicted molar refractivity (Wildman–Crippen MR) is 91.2 cm³/mol. The van der Waals surface area contributed by atoms with Crippen LogP contribution in [0.3, 0.4) is 0 Å². The smallest absolute Gasteiger partial charge is 0.273 e. The van der Waals surface area contributed by atoms with Crippen LogP contribution in [0.4, 0.5) is 0 Å². The van der Waals surface area contributed by atoms with Crippen molar-refractivity contribution in [1.82, 2.24) is 14.5 Å². The molecule has 5 nitrogen and oxygen atoms in total. The average molecular weight is 321 g/mol. The third kappa shape index (κ3) is 2.42. The second-order valence-corrected chi connectivity index (χ2v) is 6.01. The molecule has 0 spiro atoms. The minimum absolute atomic E-state index is 0.0228. The SMILES string of the molecule is COc1cccc(C2CCCN2C(=O)c2cccc3ccnn23)c1. The van der Waals surface area contributed by atoms with Crippen LogP contribution in [-0.2, 0) is 0 Å². The summed E-state index contributed by atoms with van der Waals surface area (Å²) < 4.78 is 7.04. The number of rotatable bonds is 3. The quantitative estimate of drug-likeness (QED) is 0.743. The summed E-state index contributed by atoms with van der Waals surface area (Å²) >= 11 is 0. The Morgan fingerprint density at radius 2 is 2.08 bits per heavy atom. The fraction of sp³-hybridized carbons (Fsp3) is 0.263. The Kier molecular flexibility index (Phi) is 3.69. The van der Waals surface area contributed by atoms with Gasteiger partial charge in [0.1, 0.15) is 11.4 Å². The van der Waals surface area contributed by atoms with Crippen LogP contribution in [0.5, 0.6) is 5.75 Å². The molecule has 2 aromatic heterocycles. The topological polar surface area (TPSA) is 46.8 Å². The fourth-order valence-corrected chi connectivity index (χ4v) is 3.46. The van der Waals surface area contributed by atoms with Crippen molar-refractivity contribution in [1.29, 1.82) is 0 Å². The van der Waals surface area contributed by atoms with Crippen LogP contribution in [0.2, 0.25) is 0 Å². The normalized spacial score (nSPS) is 17.4.